The lowest BCUT2D eigenvalue weighted by Crippen LogP contribution is -2.24. The molecule has 0 unspecified atom stereocenters. The Bertz CT molecular complexity index is 474. The van der Waals surface area contributed by atoms with Crippen molar-refractivity contribution in [3.8, 4) is 0 Å². The maximum absolute atomic E-state index is 5.35. The zero-order valence-electron chi connectivity index (χ0n) is 10.3. The molecule has 0 aliphatic carbocycles. The van der Waals surface area contributed by atoms with Crippen LogP contribution in [0.3, 0.4) is 0 Å². The van der Waals surface area contributed by atoms with Gasteiger partial charge in [0.25, 0.3) is 0 Å². The van der Waals surface area contributed by atoms with E-state index in [0.717, 1.165) is 12.4 Å². The van der Waals surface area contributed by atoms with Crippen LogP contribution in [0.4, 0.5) is 0 Å². The number of aromatic nitrogens is 4. The predicted molar refractivity (Wildman–Crippen MR) is 62.3 cm³/mol. The van der Waals surface area contributed by atoms with E-state index in [-0.39, 0.29) is 0 Å². The highest BCUT2D eigenvalue weighted by molar-refractivity contribution is 4.95. The first-order valence-corrected chi connectivity index (χ1v) is 5.67. The summed E-state index contributed by atoms with van der Waals surface area (Å²) < 4.78 is 7.35. The maximum Gasteiger partial charge on any atom is 0.236 e. The van der Waals surface area contributed by atoms with Gasteiger partial charge in [-0.25, -0.2) is 4.98 Å². The fraction of sp³-hybridized carbons (Fsp3) is 0.545. The summed E-state index contributed by atoms with van der Waals surface area (Å²) in [4.78, 5) is 4.30. The highest BCUT2D eigenvalue weighted by Crippen LogP contribution is 2.04. The maximum atomic E-state index is 5.35. The lowest BCUT2D eigenvalue weighted by molar-refractivity contribution is 0.447. The molecule has 0 saturated heterocycles. The van der Waals surface area contributed by atoms with Gasteiger partial charge in [0.15, 0.2) is 0 Å². The molecular formula is C11H17N5O. The van der Waals surface area contributed by atoms with Gasteiger partial charge in [-0.2, -0.15) is 0 Å². The SMILES string of the molecule is Cc1nnc(Cn2ccnc2CNC(C)C)o1. The Kier molecular flexibility index (Phi) is 3.53. The molecular weight excluding hydrogens is 218 g/mol. The van der Waals surface area contributed by atoms with Crippen LogP contribution in [0.25, 0.3) is 0 Å². The van der Waals surface area contributed by atoms with Crippen molar-refractivity contribution in [2.24, 2.45) is 0 Å². The van der Waals surface area contributed by atoms with Crippen LogP contribution in [-0.2, 0) is 13.1 Å². The third kappa shape index (κ3) is 3.13. The molecule has 1 N–H and O–H groups in total. The number of hydrogen-bond donors (Lipinski definition) is 1. The molecule has 6 nitrogen and oxygen atoms in total. The van der Waals surface area contributed by atoms with Crippen LogP contribution in [0.5, 0.6) is 0 Å². The lowest BCUT2D eigenvalue weighted by atomic mass is 10.4. The molecule has 2 rings (SSSR count). The van der Waals surface area contributed by atoms with Crippen LogP contribution >= 0.6 is 0 Å². The molecule has 0 saturated carbocycles. The highest BCUT2D eigenvalue weighted by atomic mass is 16.4. The normalized spacial score (nSPS) is 11.3. The van der Waals surface area contributed by atoms with E-state index in [0.29, 0.717) is 24.4 Å². The van der Waals surface area contributed by atoms with Gasteiger partial charge in [-0.15, -0.1) is 10.2 Å². The lowest BCUT2D eigenvalue weighted by Gasteiger charge is -2.09. The minimum Gasteiger partial charge on any atom is -0.424 e. The van der Waals surface area contributed by atoms with E-state index < -0.39 is 0 Å². The van der Waals surface area contributed by atoms with Crippen LogP contribution in [0.15, 0.2) is 16.8 Å². The van der Waals surface area contributed by atoms with Gasteiger partial charge in [0.05, 0.1) is 6.54 Å². The van der Waals surface area contributed by atoms with Gasteiger partial charge in [-0.05, 0) is 0 Å². The largest absolute Gasteiger partial charge is 0.424 e. The van der Waals surface area contributed by atoms with E-state index in [4.69, 9.17) is 4.42 Å². The summed E-state index contributed by atoms with van der Waals surface area (Å²) >= 11 is 0. The number of imidazole rings is 1. The van der Waals surface area contributed by atoms with Crippen molar-refractivity contribution in [1.29, 1.82) is 0 Å². The van der Waals surface area contributed by atoms with Gasteiger partial charge >= 0.3 is 0 Å². The molecule has 92 valence electrons. The molecule has 17 heavy (non-hydrogen) atoms. The zero-order valence-corrected chi connectivity index (χ0v) is 10.3. The third-order valence-electron chi connectivity index (χ3n) is 2.34. The first-order valence-electron chi connectivity index (χ1n) is 5.67. The summed E-state index contributed by atoms with van der Waals surface area (Å²) in [5.41, 5.74) is 0. The summed E-state index contributed by atoms with van der Waals surface area (Å²) in [5.74, 6) is 2.16. The molecule has 0 radical (unpaired) electrons. The first kappa shape index (κ1) is 11.8. The molecule has 0 atom stereocenters. The summed E-state index contributed by atoms with van der Waals surface area (Å²) in [6.45, 7) is 7.29. The first-order chi connectivity index (χ1) is 8.15. The average molecular weight is 235 g/mol. The van der Waals surface area contributed by atoms with Gasteiger partial charge in [-0.3, -0.25) is 0 Å². The molecule has 2 aromatic rings. The van der Waals surface area contributed by atoms with Crippen molar-refractivity contribution < 1.29 is 4.42 Å². The standard InChI is InChI=1S/C11H17N5O/c1-8(2)13-6-10-12-4-5-16(10)7-11-15-14-9(3)17-11/h4-5,8,13H,6-7H2,1-3H3. The van der Waals surface area contributed by atoms with E-state index in [1.54, 1.807) is 13.1 Å². The van der Waals surface area contributed by atoms with Crippen molar-refractivity contribution in [3.63, 3.8) is 0 Å². The fourth-order valence-electron chi connectivity index (χ4n) is 1.49. The molecule has 6 heteroatoms. The Balaban J connectivity index is 2.03. The van der Waals surface area contributed by atoms with Crippen molar-refractivity contribution in [2.75, 3.05) is 0 Å². The summed E-state index contributed by atoms with van der Waals surface area (Å²) in [7, 11) is 0. The minimum atomic E-state index is 0.436. The van der Waals surface area contributed by atoms with Gasteiger partial charge in [0.1, 0.15) is 12.4 Å². The van der Waals surface area contributed by atoms with Crippen LogP contribution in [0.1, 0.15) is 31.5 Å². The van der Waals surface area contributed by atoms with E-state index in [2.05, 4.69) is 34.3 Å². The summed E-state index contributed by atoms with van der Waals surface area (Å²) in [6, 6.07) is 0.436. The fourth-order valence-corrected chi connectivity index (χ4v) is 1.49. The second-order valence-corrected chi connectivity index (χ2v) is 4.22. The van der Waals surface area contributed by atoms with E-state index in [9.17, 15) is 0 Å². The second-order valence-electron chi connectivity index (χ2n) is 4.22. The molecule has 0 aromatic carbocycles. The Morgan fingerprint density at radius 3 is 2.88 bits per heavy atom. The molecule has 0 fully saturated rings. The number of hydrogen-bond acceptors (Lipinski definition) is 5. The van der Waals surface area contributed by atoms with Gasteiger partial charge < -0.3 is 14.3 Å². The van der Waals surface area contributed by atoms with Crippen molar-refractivity contribution in [3.05, 3.63) is 30.0 Å². The van der Waals surface area contributed by atoms with Gasteiger partial charge in [-0.1, -0.05) is 13.8 Å². The van der Waals surface area contributed by atoms with Crippen LogP contribution in [-0.4, -0.2) is 25.8 Å². The number of nitrogens with one attached hydrogen (secondary N) is 1. The van der Waals surface area contributed by atoms with Crippen molar-refractivity contribution in [2.45, 2.75) is 39.9 Å². The Morgan fingerprint density at radius 1 is 1.41 bits per heavy atom. The second kappa shape index (κ2) is 5.09. The molecule has 0 aliphatic heterocycles. The number of aryl methyl sites for hydroxylation is 1. The Morgan fingerprint density at radius 2 is 2.24 bits per heavy atom. The molecule has 2 aromatic heterocycles. The zero-order chi connectivity index (χ0) is 12.3. The van der Waals surface area contributed by atoms with Crippen LogP contribution < -0.4 is 5.32 Å². The van der Waals surface area contributed by atoms with Gasteiger partial charge in [0, 0.05) is 25.4 Å². The molecule has 0 spiro atoms. The van der Waals surface area contributed by atoms with E-state index in [1.807, 2.05) is 10.8 Å². The quantitative estimate of drug-likeness (QED) is 0.841. The number of nitrogens with zero attached hydrogens (tertiary/aromatic N) is 4. The third-order valence-corrected chi connectivity index (χ3v) is 2.34. The van der Waals surface area contributed by atoms with Crippen molar-refractivity contribution in [1.82, 2.24) is 25.1 Å². The Labute approximate surface area is 100 Å². The predicted octanol–water partition coefficient (Wildman–Crippen LogP) is 1.12. The monoisotopic (exact) mass is 235 g/mol. The smallest absolute Gasteiger partial charge is 0.236 e. The summed E-state index contributed by atoms with van der Waals surface area (Å²) in [6.07, 6.45) is 3.69. The number of rotatable bonds is 5. The van der Waals surface area contributed by atoms with Crippen LogP contribution in [0.2, 0.25) is 0 Å². The Hall–Kier alpha value is -1.69. The molecule has 0 aliphatic rings. The molecule has 0 bridgehead atoms. The van der Waals surface area contributed by atoms with Crippen molar-refractivity contribution >= 4 is 0 Å². The van der Waals surface area contributed by atoms with Gasteiger partial charge in [0.2, 0.25) is 11.8 Å². The topological polar surface area (TPSA) is 68.8 Å². The van der Waals surface area contributed by atoms with E-state index in [1.165, 1.54) is 0 Å². The molecule has 2 heterocycles. The van der Waals surface area contributed by atoms with Crippen LogP contribution in [0, 0.1) is 6.92 Å². The van der Waals surface area contributed by atoms with E-state index >= 15 is 0 Å². The summed E-state index contributed by atoms with van der Waals surface area (Å²) in [5, 5.41) is 11.1. The molecule has 0 amide bonds. The highest BCUT2D eigenvalue weighted by Gasteiger charge is 2.07. The minimum absolute atomic E-state index is 0.436. The average Bonchev–Trinajstić information content (AvgIpc) is 2.86.